The predicted octanol–water partition coefficient (Wildman–Crippen LogP) is 2.13. The Morgan fingerprint density at radius 3 is 3.00 bits per heavy atom. The summed E-state index contributed by atoms with van der Waals surface area (Å²) in [6.07, 6.45) is 3.06. The van der Waals surface area contributed by atoms with Crippen LogP contribution in [0.15, 0.2) is 6.07 Å². The number of carbonyl (C=O) groups excluding carboxylic acids is 1. The van der Waals surface area contributed by atoms with Crippen LogP contribution in [0, 0.1) is 0 Å². The van der Waals surface area contributed by atoms with E-state index in [9.17, 15) is 4.79 Å². The Balaban J connectivity index is 2.23. The van der Waals surface area contributed by atoms with Crippen LogP contribution in [0.25, 0.3) is 0 Å². The standard InChI is InChI=1S/C11H16N2O2/c1-3-15-8(2)13-10(7-14)6-11(12-13)9-4-5-9/h6-9H,3-5H2,1-2H3/t8-/m1/s1. The van der Waals surface area contributed by atoms with Crippen molar-refractivity contribution in [2.45, 2.75) is 38.8 Å². The lowest BCUT2D eigenvalue weighted by Crippen LogP contribution is -2.13. The van der Waals surface area contributed by atoms with Crippen LogP contribution >= 0.6 is 0 Å². The van der Waals surface area contributed by atoms with Gasteiger partial charge < -0.3 is 4.74 Å². The lowest BCUT2D eigenvalue weighted by molar-refractivity contribution is 0.0143. The molecular weight excluding hydrogens is 192 g/mol. The summed E-state index contributed by atoms with van der Waals surface area (Å²) in [5, 5.41) is 4.42. The largest absolute Gasteiger partial charge is 0.357 e. The lowest BCUT2D eigenvalue weighted by atomic mass is 10.3. The van der Waals surface area contributed by atoms with Crippen molar-refractivity contribution in [1.29, 1.82) is 0 Å². The van der Waals surface area contributed by atoms with E-state index < -0.39 is 0 Å². The van der Waals surface area contributed by atoms with Gasteiger partial charge in [0.1, 0.15) is 11.9 Å². The number of carbonyl (C=O) groups is 1. The van der Waals surface area contributed by atoms with Crippen LogP contribution in [0.4, 0.5) is 0 Å². The number of hydrogen-bond acceptors (Lipinski definition) is 3. The van der Waals surface area contributed by atoms with Crippen LogP contribution in [0.2, 0.25) is 0 Å². The van der Waals surface area contributed by atoms with E-state index in [1.165, 1.54) is 12.8 Å². The van der Waals surface area contributed by atoms with Crippen molar-refractivity contribution in [3.8, 4) is 0 Å². The first kappa shape index (κ1) is 10.4. The van der Waals surface area contributed by atoms with Crippen LogP contribution in [0.5, 0.6) is 0 Å². The molecule has 1 fully saturated rings. The summed E-state index contributed by atoms with van der Waals surface area (Å²) in [6.45, 7) is 4.46. The smallest absolute Gasteiger partial charge is 0.168 e. The molecule has 0 aliphatic heterocycles. The van der Waals surface area contributed by atoms with Crippen molar-refractivity contribution in [3.63, 3.8) is 0 Å². The highest BCUT2D eigenvalue weighted by molar-refractivity contribution is 5.72. The average molecular weight is 208 g/mol. The summed E-state index contributed by atoms with van der Waals surface area (Å²) in [5.41, 5.74) is 1.64. The van der Waals surface area contributed by atoms with E-state index in [2.05, 4.69) is 5.10 Å². The van der Waals surface area contributed by atoms with Gasteiger partial charge in [0.05, 0.1) is 5.69 Å². The predicted molar refractivity (Wildman–Crippen MR) is 55.9 cm³/mol. The highest BCUT2D eigenvalue weighted by atomic mass is 16.5. The summed E-state index contributed by atoms with van der Waals surface area (Å²) in [7, 11) is 0. The molecule has 1 aromatic heterocycles. The Hall–Kier alpha value is -1.16. The summed E-state index contributed by atoms with van der Waals surface area (Å²) in [5.74, 6) is 0.568. The third-order valence-corrected chi connectivity index (χ3v) is 2.65. The molecule has 1 aliphatic rings. The second-order valence-corrected chi connectivity index (χ2v) is 3.89. The van der Waals surface area contributed by atoms with Gasteiger partial charge in [-0.2, -0.15) is 5.10 Å². The Kier molecular flexibility index (Phi) is 2.86. The third-order valence-electron chi connectivity index (χ3n) is 2.65. The molecule has 0 aromatic carbocycles. The first-order valence-corrected chi connectivity index (χ1v) is 5.42. The van der Waals surface area contributed by atoms with Crippen LogP contribution in [0.3, 0.4) is 0 Å². The van der Waals surface area contributed by atoms with Gasteiger partial charge in [-0.15, -0.1) is 0 Å². The average Bonchev–Trinajstić information content (AvgIpc) is 2.98. The zero-order valence-electron chi connectivity index (χ0n) is 9.14. The van der Waals surface area contributed by atoms with Gasteiger partial charge in [0.2, 0.25) is 0 Å². The van der Waals surface area contributed by atoms with Gasteiger partial charge in [0.15, 0.2) is 6.29 Å². The number of aldehydes is 1. The molecular formula is C11H16N2O2. The summed E-state index contributed by atoms with van der Waals surface area (Å²) in [4.78, 5) is 10.9. The molecule has 0 radical (unpaired) electrons. The van der Waals surface area contributed by atoms with Gasteiger partial charge in [-0.25, -0.2) is 4.68 Å². The Bertz CT molecular complexity index is 355. The molecule has 0 saturated heterocycles. The molecule has 1 heterocycles. The maximum Gasteiger partial charge on any atom is 0.168 e. The van der Waals surface area contributed by atoms with Crippen molar-refractivity contribution in [2.24, 2.45) is 0 Å². The number of rotatable bonds is 5. The molecule has 15 heavy (non-hydrogen) atoms. The Morgan fingerprint density at radius 1 is 1.73 bits per heavy atom. The van der Waals surface area contributed by atoms with Crippen molar-refractivity contribution >= 4 is 6.29 Å². The summed E-state index contributed by atoms with van der Waals surface area (Å²) >= 11 is 0. The molecule has 0 amide bonds. The molecule has 0 spiro atoms. The number of nitrogens with zero attached hydrogens (tertiary/aromatic N) is 2. The monoisotopic (exact) mass is 208 g/mol. The SMILES string of the molecule is CCO[C@H](C)n1nc(C2CC2)cc1C=O. The number of hydrogen-bond donors (Lipinski definition) is 0. The van der Waals surface area contributed by atoms with Gasteiger partial charge in [0, 0.05) is 12.5 Å². The maximum atomic E-state index is 10.9. The molecule has 2 rings (SSSR count). The second kappa shape index (κ2) is 4.14. The maximum absolute atomic E-state index is 10.9. The van der Waals surface area contributed by atoms with Crippen molar-refractivity contribution in [1.82, 2.24) is 9.78 Å². The molecule has 1 saturated carbocycles. The molecule has 1 aromatic rings. The number of aromatic nitrogens is 2. The first-order valence-electron chi connectivity index (χ1n) is 5.42. The zero-order valence-corrected chi connectivity index (χ0v) is 9.14. The molecule has 4 heteroatoms. The molecule has 0 bridgehead atoms. The highest BCUT2D eigenvalue weighted by Gasteiger charge is 2.27. The van der Waals surface area contributed by atoms with Gasteiger partial charge in [-0.3, -0.25) is 4.79 Å². The number of ether oxygens (including phenoxy) is 1. The van der Waals surface area contributed by atoms with E-state index in [1.54, 1.807) is 4.68 Å². The Labute approximate surface area is 89.2 Å². The highest BCUT2D eigenvalue weighted by Crippen LogP contribution is 2.39. The zero-order chi connectivity index (χ0) is 10.8. The first-order chi connectivity index (χ1) is 7.26. The van der Waals surface area contributed by atoms with Crippen molar-refractivity contribution in [2.75, 3.05) is 6.61 Å². The van der Waals surface area contributed by atoms with E-state index in [1.807, 2.05) is 19.9 Å². The van der Waals surface area contributed by atoms with Gasteiger partial charge in [-0.1, -0.05) is 0 Å². The Morgan fingerprint density at radius 2 is 2.47 bits per heavy atom. The van der Waals surface area contributed by atoms with Crippen LogP contribution in [0.1, 0.15) is 55.0 Å². The fourth-order valence-corrected chi connectivity index (χ4v) is 1.70. The molecule has 4 nitrogen and oxygen atoms in total. The quantitative estimate of drug-likeness (QED) is 0.696. The fourth-order valence-electron chi connectivity index (χ4n) is 1.70. The van der Waals surface area contributed by atoms with Crippen molar-refractivity contribution in [3.05, 3.63) is 17.5 Å². The van der Waals surface area contributed by atoms with Crippen LogP contribution < -0.4 is 0 Å². The molecule has 0 unspecified atom stereocenters. The third kappa shape index (κ3) is 2.09. The normalized spacial score (nSPS) is 17.7. The molecule has 82 valence electrons. The minimum absolute atomic E-state index is 0.164. The minimum atomic E-state index is -0.164. The fraction of sp³-hybridized carbons (Fsp3) is 0.636. The van der Waals surface area contributed by atoms with Gasteiger partial charge in [-0.05, 0) is 32.8 Å². The molecule has 1 atom stereocenters. The summed E-state index contributed by atoms with van der Waals surface area (Å²) < 4.78 is 7.10. The van der Waals surface area contributed by atoms with Crippen LogP contribution in [-0.2, 0) is 4.74 Å². The van der Waals surface area contributed by atoms with Gasteiger partial charge >= 0.3 is 0 Å². The van der Waals surface area contributed by atoms with E-state index in [0.29, 0.717) is 18.2 Å². The molecule has 1 aliphatic carbocycles. The van der Waals surface area contributed by atoms with E-state index in [0.717, 1.165) is 12.0 Å². The second-order valence-electron chi connectivity index (χ2n) is 3.89. The minimum Gasteiger partial charge on any atom is -0.357 e. The topological polar surface area (TPSA) is 44.1 Å². The van der Waals surface area contributed by atoms with Gasteiger partial charge in [0.25, 0.3) is 0 Å². The van der Waals surface area contributed by atoms with E-state index >= 15 is 0 Å². The van der Waals surface area contributed by atoms with Crippen molar-refractivity contribution < 1.29 is 9.53 Å². The van der Waals surface area contributed by atoms with Crippen LogP contribution in [-0.4, -0.2) is 22.7 Å². The molecule has 0 N–H and O–H groups in total. The van der Waals surface area contributed by atoms with E-state index in [4.69, 9.17) is 4.74 Å². The summed E-state index contributed by atoms with van der Waals surface area (Å²) in [6, 6.07) is 1.88. The van der Waals surface area contributed by atoms with E-state index in [-0.39, 0.29) is 6.23 Å². The lowest BCUT2D eigenvalue weighted by Gasteiger charge is -2.13.